The molecule has 5 nitrogen and oxygen atoms in total. The van der Waals surface area contributed by atoms with Crippen molar-refractivity contribution in [3.05, 3.63) is 0 Å². The molecule has 2 saturated heterocycles. The Hall–Kier alpha value is -0.460. The highest BCUT2D eigenvalue weighted by atomic mass is 32.2. The van der Waals surface area contributed by atoms with Gasteiger partial charge in [-0.15, -0.1) is 0 Å². The zero-order valence-corrected chi connectivity index (χ0v) is 14.2. The molecular weight excluding hydrogens is 284 g/mol. The molecule has 0 spiro atoms. The lowest BCUT2D eigenvalue weighted by molar-refractivity contribution is 0.0778. The maximum Gasteiger partial charge on any atom is 0.191 e. The van der Waals surface area contributed by atoms with Crippen molar-refractivity contribution in [1.82, 2.24) is 15.5 Å². The number of rotatable bonds is 6. The van der Waals surface area contributed by atoms with Gasteiger partial charge in [0, 0.05) is 24.9 Å². The van der Waals surface area contributed by atoms with Crippen molar-refractivity contribution in [2.45, 2.75) is 44.8 Å². The molecule has 21 heavy (non-hydrogen) atoms. The number of aliphatic hydroxyl groups is 1. The average molecular weight is 314 g/mol. The molecule has 3 N–H and O–H groups in total. The molecule has 6 heteroatoms. The summed E-state index contributed by atoms with van der Waals surface area (Å²) in [4.78, 5) is 7.12. The van der Waals surface area contributed by atoms with Crippen LogP contribution in [0, 0.1) is 0 Å². The van der Waals surface area contributed by atoms with Crippen molar-refractivity contribution in [2.24, 2.45) is 4.99 Å². The van der Waals surface area contributed by atoms with Crippen LogP contribution >= 0.6 is 11.8 Å². The Morgan fingerprint density at radius 2 is 2.29 bits per heavy atom. The van der Waals surface area contributed by atoms with Gasteiger partial charge in [-0.25, -0.2) is 0 Å². The highest BCUT2D eigenvalue weighted by molar-refractivity contribution is 7.99. The van der Waals surface area contributed by atoms with Gasteiger partial charge in [-0.2, -0.15) is 11.8 Å². The second-order valence-corrected chi connectivity index (χ2v) is 7.13. The van der Waals surface area contributed by atoms with Gasteiger partial charge in [0.15, 0.2) is 5.96 Å². The van der Waals surface area contributed by atoms with E-state index in [9.17, 15) is 5.11 Å². The summed E-state index contributed by atoms with van der Waals surface area (Å²) >= 11 is 1.82. The first-order valence-electron chi connectivity index (χ1n) is 8.23. The van der Waals surface area contributed by atoms with E-state index in [-0.39, 0.29) is 0 Å². The van der Waals surface area contributed by atoms with Crippen LogP contribution < -0.4 is 10.6 Å². The lowest BCUT2D eigenvalue weighted by Gasteiger charge is -2.24. The summed E-state index contributed by atoms with van der Waals surface area (Å²) in [5.41, 5.74) is -0.601. The SMILES string of the molecule is CCNC(=NCC1(O)CCSC1)NCC1CCCN1CC. The van der Waals surface area contributed by atoms with Crippen LogP contribution in [0.5, 0.6) is 0 Å². The molecular formula is C15H30N4OS. The van der Waals surface area contributed by atoms with Crippen LogP contribution in [0.2, 0.25) is 0 Å². The number of aliphatic imine (C=N–C) groups is 1. The fraction of sp³-hybridized carbons (Fsp3) is 0.933. The second kappa shape index (κ2) is 8.25. The van der Waals surface area contributed by atoms with Crippen molar-refractivity contribution in [2.75, 3.05) is 44.2 Å². The molecule has 0 radical (unpaired) electrons. The van der Waals surface area contributed by atoms with Crippen LogP contribution in [0.15, 0.2) is 4.99 Å². The van der Waals surface area contributed by atoms with Gasteiger partial charge >= 0.3 is 0 Å². The predicted octanol–water partition coefficient (Wildman–Crippen LogP) is 0.894. The maximum atomic E-state index is 10.4. The number of thioether (sulfide) groups is 1. The Morgan fingerprint density at radius 1 is 1.43 bits per heavy atom. The van der Waals surface area contributed by atoms with E-state index in [1.807, 2.05) is 11.8 Å². The van der Waals surface area contributed by atoms with Gasteiger partial charge in [-0.1, -0.05) is 6.92 Å². The first-order valence-corrected chi connectivity index (χ1v) is 9.38. The highest BCUT2D eigenvalue weighted by Gasteiger charge is 2.31. The minimum absolute atomic E-state index is 0.498. The number of hydrogen-bond acceptors (Lipinski definition) is 4. The van der Waals surface area contributed by atoms with Crippen LogP contribution in [-0.2, 0) is 0 Å². The Balaban J connectivity index is 1.83. The largest absolute Gasteiger partial charge is 0.387 e. The lowest BCUT2D eigenvalue weighted by Crippen LogP contribution is -2.45. The van der Waals surface area contributed by atoms with E-state index in [2.05, 4.69) is 34.4 Å². The molecule has 2 aliphatic rings. The fourth-order valence-electron chi connectivity index (χ4n) is 3.05. The highest BCUT2D eigenvalue weighted by Crippen LogP contribution is 2.27. The number of nitrogens with one attached hydrogen (secondary N) is 2. The van der Waals surface area contributed by atoms with Crippen LogP contribution in [0.1, 0.15) is 33.1 Å². The maximum absolute atomic E-state index is 10.4. The van der Waals surface area contributed by atoms with Gasteiger partial charge in [-0.05, 0) is 45.0 Å². The fourth-order valence-corrected chi connectivity index (χ4v) is 4.33. The average Bonchev–Trinajstić information content (AvgIpc) is 3.11. The van der Waals surface area contributed by atoms with E-state index in [4.69, 9.17) is 0 Å². The number of likely N-dealkylation sites (tertiary alicyclic amines) is 1. The Kier molecular flexibility index (Phi) is 6.64. The van der Waals surface area contributed by atoms with E-state index in [0.717, 1.165) is 43.5 Å². The molecule has 0 saturated carbocycles. The molecule has 2 unspecified atom stereocenters. The predicted molar refractivity (Wildman–Crippen MR) is 91.1 cm³/mol. The minimum Gasteiger partial charge on any atom is -0.387 e. The second-order valence-electron chi connectivity index (χ2n) is 6.03. The van der Waals surface area contributed by atoms with Gasteiger partial charge in [0.2, 0.25) is 0 Å². The molecule has 122 valence electrons. The summed E-state index contributed by atoms with van der Waals surface area (Å²) in [5, 5.41) is 17.1. The van der Waals surface area contributed by atoms with Crippen LogP contribution in [0.4, 0.5) is 0 Å². The van der Waals surface area contributed by atoms with E-state index < -0.39 is 5.60 Å². The molecule has 0 bridgehead atoms. The Bertz CT molecular complexity index is 345. The number of nitrogens with zero attached hydrogens (tertiary/aromatic N) is 2. The molecule has 0 aromatic rings. The summed E-state index contributed by atoms with van der Waals surface area (Å²) in [6.07, 6.45) is 3.42. The molecule has 0 amide bonds. The standard InChI is InChI=1S/C15H30N4OS/c1-3-16-14(18-11-15(20)7-9-21-12-15)17-10-13-6-5-8-19(13)4-2/h13,20H,3-12H2,1-2H3,(H2,16,17,18). The van der Waals surface area contributed by atoms with E-state index in [1.165, 1.54) is 19.4 Å². The van der Waals surface area contributed by atoms with Gasteiger partial charge in [0.25, 0.3) is 0 Å². The summed E-state index contributed by atoms with van der Waals surface area (Å²) in [6, 6.07) is 0.615. The minimum atomic E-state index is -0.601. The number of guanidine groups is 1. The van der Waals surface area contributed by atoms with E-state index in [1.54, 1.807) is 0 Å². The first-order chi connectivity index (χ1) is 10.2. The third kappa shape index (κ3) is 5.04. The molecule has 0 aromatic carbocycles. The molecule has 0 aliphatic carbocycles. The van der Waals surface area contributed by atoms with Crippen molar-refractivity contribution in [1.29, 1.82) is 0 Å². The number of likely N-dealkylation sites (N-methyl/N-ethyl adjacent to an activating group) is 1. The molecule has 2 atom stereocenters. The molecule has 0 aromatic heterocycles. The molecule has 2 heterocycles. The normalized spacial score (nSPS) is 30.8. The third-order valence-electron chi connectivity index (χ3n) is 4.37. The van der Waals surface area contributed by atoms with E-state index >= 15 is 0 Å². The summed E-state index contributed by atoms with van der Waals surface area (Å²) in [6.45, 7) is 8.92. The van der Waals surface area contributed by atoms with Crippen LogP contribution in [0.3, 0.4) is 0 Å². The lowest BCUT2D eigenvalue weighted by atomic mass is 10.1. The van der Waals surface area contributed by atoms with Crippen LogP contribution in [0.25, 0.3) is 0 Å². The third-order valence-corrected chi connectivity index (χ3v) is 5.60. The van der Waals surface area contributed by atoms with E-state index in [0.29, 0.717) is 12.6 Å². The summed E-state index contributed by atoms with van der Waals surface area (Å²) in [7, 11) is 0. The van der Waals surface area contributed by atoms with Gasteiger partial charge in [-0.3, -0.25) is 9.89 Å². The monoisotopic (exact) mass is 314 g/mol. The first kappa shape index (κ1) is 16.9. The van der Waals surface area contributed by atoms with Crippen molar-refractivity contribution in [3.8, 4) is 0 Å². The smallest absolute Gasteiger partial charge is 0.191 e. The van der Waals surface area contributed by atoms with Crippen molar-refractivity contribution in [3.63, 3.8) is 0 Å². The molecule has 2 rings (SSSR count). The van der Waals surface area contributed by atoms with Gasteiger partial charge in [0.1, 0.15) is 0 Å². The van der Waals surface area contributed by atoms with Crippen molar-refractivity contribution < 1.29 is 5.11 Å². The summed E-state index contributed by atoms with van der Waals surface area (Å²) < 4.78 is 0. The quantitative estimate of drug-likeness (QED) is 0.502. The molecule has 2 fully saturated rings. The van der Waals surface area contributed by atoms with Gasteiger partial charge < -0.3 is 15.7 Å². The molecule has 2 aliphatic heterocycles. The Labute approximate surface area is 133 Å². The summed E-state index contributed by atoms with van der Waals surface area (Å²) in [5.74, 6) is 2.69. The van der Waals surface area contributed by atoms with Crippen molar-refractivity contribution >= 4 is 17.7 Å². The number of hydrogen-bond donors (Lipinski definition) is 3. The zero-order chi connectivity index (χ0) is 15.1. The van der Waals surface area contributed by atoms with Gasteiger partial charge in [0.05, 0.1) is 12.1 Å². The zero-order valence-electron chi connectivity index (χ0n) is 13.4. The Morgan fingerprint density at radius 3 is 2.95 bits per heavy atom. The topological polar surface area (TPSA) is 59.9 Å². The van der Waals surface area contributed by atoms with Crippen LogP contribution in [-0.4, -0.2) is 71.8 Å².